The summed E-state index contributed by atoms with van der Waals surface area (Å²) in [6.07, 6.45) is 0.741. The Kier molecular flexibility index (Phi) is 6.46. The van der Waals surface area contributed by atoms with Crippen molar-refractivity contribution < 1.29 is 19.0 Å². The number of methoxy groups -OCH3 is 1. The Morgan fingerprint density at radius 2 is 1.83 bits per heavy atom. The van der Waals surface area contributed by atoms with Gasteiger partial charge in [-0.25, -0.2) is 0 Å². The molecule has 2 heterocycles. The van der Waals surface area contributed by atoms with Gasteiger partial charge in [0, 0.05) is 38.3 Å². The molecule has 30 heavy (non-hydrogen) atoms. The second kappa shape index (κ2) is 9.60. The summed E-state index contributed by atoms with van der Waals surface area (Å²) < 4.78 is 16.4. The lowest BCUT2D eigenvalue weighted by Gasteiger charge is -2.37. The van der Waals surface area contributed by atoms with Crippen LogP contribution in [0.2, 0.25) is 0 Å². The van der Waals surface area contributed by atoms with Crippen LogP contribution in [-0.2, 0) is 0 Å². The van der Waals surface area contributed by atoms with E-state index in [0.717, 1.165) is 43.2 Å². The zero-order valence-corrected chi connectivity index (χ0v) is 17.0. The van der Waals surface area contributed by atoms with Gasteiger partial charge in [0.2, 0.25) is 12.3 Å². The number of aromatic nitrogens is 2. The number of anilines is 1. The van der Waals surface area contributed by atoms with Crippen molar-refractivity contribution in [2.45, 2.75) is 6.10 Å². The van der Waals surface area contributed by atoms with E-state index in [1.807, 2.05) is 42.5 Å². The van der Waals surface area contributed by atoms with Crippen molar-refractivity contribution in [3.05, 3.63) is 54.9 Å². The first-order valence-electron chi connectivity index (χ1n) is 10.0. The molecule has 158 valence electrons. The summed E-state index contributed by atoms with van der Waals surface area (Å²) in [7, 11) is 1.70. The number of hydrogen-bond acceptors (Lipinski definition) is 8. The summed E-state index contributed by atoms with van der Waals surface area (Å²) in [5, 5.41) is 17.9. The standard InChI is InChI=1S/C22H26N4O4/c1-28-21-5-3-2-4-20(21)26-12-10-25(11-13-26)14-18(27)15-29-19-8-6-17(7-9-19)22-24-23-16-30-22/h2-9,16,18,27H,10-15H2,1H3. The molecule has 1 fully saturated rings. The highest BCUT2D eigenvalue weighted by molar-refractivity contribution is 5.58. The molecule has 8 nitrogen and oxygen atoms in total. The maximum Gasteiger partial charge on any atom is 0.247 e. The van der Waals surface area contributed by atoms with E-state index in [0.29, 0.717) is 18.2 Å². The molecule has 0 aliphatic carbocycles. The number of hydrogen-bond donors (Lipinski definition) is 1. The third-order valence-corrected chi connectivity index (χ3v) is 5.17. The van der Waals surface area contributed by atoms with Gasteiger partial charge < -0.3 is 23.9 Å². The first-order chi connectivity index (χ1) is 14.7. The number of para-hydroxylation sites is 2. The Hall–Kier alpha value is -3.10. The van der Waals surface area contributed by atoms with Crippen LogP contribution in [0, 0.1) is 0 Å². The van der Waals surface area contributed by atoms with Crippen LogP contribution in [0.1, 0.15) is 0 Å². The molecule has 0 saturated carbocycles. The number of rotatable bonds is 8. The van der Waals surface area contributed by atoms with Crippen molar-refractivity contribution in [2.75, 3.05) is 51.3 Å². The van der Waals surface area contributed by atoms with Gasteiger partial charge in [-0.2, -0.15) is 0 Å². The largest absolute Gasteiger partial charge is 0.495 e. The molecule has 4 rings (SSSR count). The molecule has 1 aromatic heterocycles. The van der Waals surface area contributed by atoms with E-state index in [4.69, 9.17) is 13.9 Å². The van der Waals surface area contributed by atoms with E-state index >= 15 is 0 Å². The third-order valence-electron chi connectivity index (χ3n) is 5.17. The molecular weight excluding hydrogens is 384 g/mol. The lowest BCUT2D eigenvalue weighted by atomic mass is 10.2. The molecule has 3 aromatic rings. The van der Waals surface area contributed by atoms with Crippen molar-refractivity contribution in [3.63, 3.8) is 0 Å². The molecule has 1 unspecified atom stereocenters. The first kappa shape index (κ1) is 20.2. The molecule has 1 atom stereocenters. The summed E-state index contributed by atoms with van der Waals surface area (Å²) >= 11 is 0. The number of benzene rings is 2. The van der Waals surface area contributed by atoms with E-state index in [2.05, 4.69) is 26.1 Å². The predicted octanol–water partition coefficient (Wildman–Crippen LogP) is 2.31. The fourth-order valence-electron chi connectivity index (χ4n) is 3.60. The molecule has 8 heteroatoms. The van der Waals surface area contributed by atoms with Gasteiger partial charge in [-0.15, -0.1) is 10.2 Å². The van der Waals surface area contributed by atoms with E-state index < -0.39 is 6.10 Å². The highest BCUT2D eigenvalue weighted by atomic mass is 16.5. The van der Waals surface area contributed by atoms with Crippen molar-refractivity contribution in [1.82, 2.24) is 15.1 Å². The monoisotopic (exact) mass is 410 g/mol. The Balaban J connectivity index is 1.22. The fraction of sp³-hybridized carbons (Fsp3) is 0.364. The number of aliphatic hydroxyl groups excluding tert-OH is 1. The zero-order chi connectivity index (χ0) is 20.8. The number of nitrogens with zero attached hydrogens (tertiary/aromatic N) is 4. The van der Waals surface area contributed by atoms with E-state index in [1.165, 1.54) is 6.39 Å². The Morgan fingerprint density at radius 3 is 2.53 bits per heavy atom. The first-order valence-corrected chi connectivity index (χ1v) is 10.0. The van der Waals surface area contributed by atoms with Gasteiger partial charge in [-0.1, -0.05) is 12.1 Å². The second-order valence-electron chi connectivity index (χ2n) is 7.19. The molecule has 0 spiro atoms. The highest BCUT2D eigenvalue weighted by Gasteiger charge is 2.21. The van der Waals surface area contributed by atoms with E-state index in [1.54, 1.807) is 7.11 Å². The average Bonchev–Trinajstić information content (AvgIpc) is 3.34. The quantitative estimate of drug-likeness (QED) is 0.606. The smallest absolute Gasteiger partial charge is 0.247 e. The van der Waals surface area contributed by atoms with Crippen molar-refractivity contribution in [1.29, 1.82) is 0 Å². The average molecular weight is 410 g/mol. The minimum Gasteiger partial charge on any atom is -0.495 e. The summed E-state index contributed by atoms with van der Waals surface area (Å²) in [6.45, 7) is 4.38. The van der Waals surface area contributed by atoms with Crippen LogP contribution < -0.4 is 14.4 Å². The van der Waals surface area contributed by atoms with Crippen LogP contribution in [0.3, 0.4) is 0 Å². The van der Waals surface area contributed by atoms with Crippen LogP contribution >= 0.6 is 0 Å². The molecule has 2 aromatic carbocycles. The lowest BCUT2D eigenvalue weighted by molar-refractivity contribution is 0.0663. The number of aliphatic hydroxyl groups is 1. The van der Waals surface area contributed by atoms with Gasteiger partial charge in [0.15, 0.2) is 0 Å². The SMILES string of the molecule is COc1ccccc1N1CCN(CC(O)COc2ccc(-c3nnco3)cc2)CC1. The molecule has 1 aliphatic heterocycles. The van der Waals surface area contributed by atoms with Crippen LogP contribution in [0.4, 0.5) is 5.69 Å². The van der Waals surface area contributed by atoms with Crippen molar-refractivity contribution in [3.8, 4) is 23.0 Å². The van der Waals surface area contributed by atoms with Crippen molar-refractivity contribution >= 4 is 5.69 Å². The lowest BCUT2D eigenvalue weighted by Crippen LogP contribution is -2.49. The van der Waals surface area contributed by atoms with Gasteiger partial charge in [-0.3, -0.25) is 4.90 Å². The van der Waals surface area contributed by atoms with Gasteiger partial charge in [0.25, 0.3) is 0 Å². The summed E-state index contributed by atoms with van der Waals surface area (Å²) in [5.41, 5.74) is 1.95. The Morgan fingerprint density at radius 1 is 1.07 bits per heavy atom. The molecular formula is C22H26N4O4. The molecule has 0 bridgehead atoms. The zero-order valence-electron chi connectivity index (χ0n) is 17.0. The van der Waals surface area contributed by atoms with E-state index in [-0.39, 0.29) is 6.61 Å². The maximum atomic E-state index is 10.4. The Bertz CT molecular complexity index is 909. The fourth-order valence-corrected chi connectivity index (χ4v) is 3.60. The van der Waals surface area contributed by atoms with Crippen LogP contribution in [0.5, 0.6) is 11.5 Å². The van der Waals surface area contributed by atoms with Gasteiger partial charge in [-0.05, 0) is 36.4 Å². The minimum absolute atomic E-state index is 0.243. The topological polar surface area (TPSA) is 84.1 Å². The van der Waals surface area contributed by atoms with E-state index in [9.17, 15) is 5.11 Å². The maximum absolute atomic E-state index is 10.4. The number of ether oxygens (including phenoxy) is 2. The third kappa shape index (κ3) is 4.90. The predicted molar refractivity (Wildman–Crippen MR) is 113 cm³/mol. The summed E-state index contributed by atoms with van der Waals surface area (Å²) in [5.74, 6) is 2.05. The second-order valence-corrected chi connectivity index (χ2v) is 7.19. The summed E-state index contributed by atoms with van der Waals surface area (Å²) in [4.78, 5) is 4.59. The number of β-amino-alcohol motifs (C(OH)–C–C–N with tert-alkyl or cyclic N) is 1. The molecule has 1 N–H and O–H groups in total. The van der Waals surface area contributed by atoms with Crippen molar-refractivity contribution in [2.24, 2.45) is 0 Å². The Labute approximate surface area is 175 Å². The normalized spacial score (nSPS) is 15.7. The minimum atomic E-state index is -0.557. The van der Waals surface area contributed by atoms with Gasteiger partial charge >= 0.3 is 0 Å². The van der Waals surface area contributed by atoms with Gasteiger partial charge in [0.05, 0.1) is 12.8 Å². The van der Waals surface area contributed by atoms with Gasteiger partial charge in [0.1, 0.15) is 24.2 Å². The van der Waals surface area contributed by atoms with Crippen LogP contribution in [0.15, 0.2) is 59.3 Å². The highest BCUT2D eigenvalue weighted by Crippen LogP contribution is 2.28. The van der Waals surface area contributed by atoms with Crippen LogP contribution in [-0.4, -0.2) is 72.7 Å². The molecule has 1 aliphatic rings. The molecule has 1 saturated heterocycles. The summed E-state index contributed by atoms with van der Waals surface area (Å²) in [6, 6.07) is 15.4. The molecule has 0 amide bonds. The molecule has 0 radical (unpaired) electrons. The van der Waals surface area contributed by atoms with Crippen LogP contribution in [0.25, 0.3) is 11.5 Å². The number of piperazine rings is 1.